The Balaban J connectivity index is 2.41. The summed E-state index contributed by atoms with van der Waals surface area (Å²) in [5.41, 5.74) is -0.201. The minimum atomic E-state index is -0.388. The maximum absolute atomic E-state index is 10.9. The molecule has 3 N–H and O–H groups in total. The highest BCUT2D eigenvalue weighted by Crippen LogP contribution is 1.99. The normalized spacial score (nSPS) is 12.4. The topological polar surface area (TPSA) is 78.0 Å². The van der Waals surface area contributed by atoms with Crippen molar-refractivity contribution in [2.75, 3.05) is 11.9 Å². The van der Waals surface area contributed by atoms with E-state index in [-0.39, 0.29) is 11.7 Å². The van der Waals surface area contributed by atoms with Gasteiger partial charge in [0.05, 0.1) is 12.4 Å². The molecule has 5 heteroatoms. The van der Waals surface area contributed by atoms with Crippen molar-refractivity contribution in [1.29, 1.82) is 0 Å². The molecule has 1 rings (SSSR count). The van der Waals surface area contributed by atoms with Crippen molar-refractivity contribution in [3.8, 4) is 0 Å². The number of nitrogens with one attached hydrogen (secondary N) is 2. The van der Waals surface area contributed by atoms with Gasteiger partial charge in [-0.2, -0.15) is 0 Å². The monoisotopic (exact) mass is 197 g/mol. The van der Waals surface area contributed by atoms with Crippen molar-refractivity contribution < 1.29 is 5.11 Å². The number of aromatic nitrogens is 2. The largest absolute Gasteiger partial charge is 0.391 e. The van der Waals surface area contributed by atoms with Gasteiger partial charge < -0.3 is 15.4 Å². The van der Waals surface area contributed by atoms with Gasteiger partial charge >= 0.3 is 0 Å². The van der Waals surface area contributed by atoms with E-state index in [0.717, 1.165) is 12.8 Å². The molecule has 78 valence electrons. The van der Waals surface area contributed by atoms with Crippen LogP contribution in [0.3, 0.4) is 0 Å². The third-order valence-corrected chi connectivity index (χ3v) is 1.82. The van der Waals surface area contributed by atoms with Crippen molar-refractivity contribution in [1.82, 2.24) is 9.97 Å². The summed E-state index contributed by atoms with van der Waals surface area (Å²) < 4.78 is 0. The molecule has 1 heterocycles. The predicted molar refractivity (Wildman–Crippen MR) is 54.3 cm³/mol. The second-order valence-corrected chi connectivity index (χ2v) is 3.12. The second kappa shape index (κ2) is 5.39. The molecule has 0 aromatic carbocycles. The van der Waals surface area contributed by atoms with E-state index in [4.69, 9.17) is 0 Å². The molecule has 1 unspecified atom stereocenters. The molecule has 0 saturated carbocycles. The van der Waals surface area contributed by atoms with Crippen molar-refractivity contribution in [2.24, 2.45) is 0 Å². The van der Waals surface area contributed by atoms with Crippen molar-refractivity contribution in [3.63, 3.8) is 0 Å². The molecule has 1 aromatic rings. The summed E-state index contributed by atoms with van der Waals surface area (Å²) in [6, 6.07) is 1.36. The van der Waals surface area contributed by atoms with E-state index in [1.807, 2.05) is 6.92 Å². The van der Waals surface area contributed by atoms with Gasteiger partial charge in [0.25, 0.3) is 5.56 Å². The Labute approximate surface area is 82.2 Å². The summed E-state index contributed by atoms with van der Waals surface area (Å²) in [5.74, 6) is 0.490. The SMILES string of the molecule is CCCC(O)CNc1cc(=O)[nH]cn1. The number of aliphatic hydroxyl groups excluding tert-OH is 1. The Hall–Kier alpha value is -1.36. The van der Waals surface area contributed by atoms with Crippen molar-refractivity contribution in [2.45, 2.75) is 25.9 Å². The Morgan fingerprint density at radius 2 is 2.50 bits per heavy atom. The number of nitrogens with zero attached hydrogens (tertiary/aromatic N) is 1. The smallest absolute Gasteiger partial charge is 0.252 e. The molecule has 0 spiro atoms. The lowest BCUT2D eigenvalue weighted by molar-refractivity contribution is 0.176. The van der Waals surface area contributed by atoms with Crippen LogP contribution in [0.25, 0.3) is 0 Å². The molecule has 1 atom stereocenters. The van der Waals surface area contributed by atoms with Gasteiger partial charge in [0.1, 0.15) is 5.82 Å². The summed E-state index contributed by atoms with van der Waals surface area (Å²) in [4.78, 5) is 17.2. The van der Waals surface area contributed by atoms with E-state index in [1.54, 1.807) is 0 Å². The van der Waals surface area contributed by atoms with Crippen LogP contribution in [-0.2, 0) is 0 Å². The van der Waals surface area contributed by atoms with Crippen molar-refractivity contribution >= 4 is 5.82 Å². The number of rotatable bonds is 5. The molecule has 0 fully saturated rings. The highest BCUT2D eigenvalue weighted by molar-refractivity contribution is 5.31. The lowest BCUT2D eigenvalue weighted by Gasteiger charge is -2.10. The summed E-state index contributed by atoms with van der Waals surface area (Å²) in [7, 11) is 0. The third kappa shape index (κ3) is 3.57. The van der Waals surface area contributed by atoms with Crippen LogP contribution in [0.15, 0.2) is 17.2 Å². The molecular formula is C9H15N3O2. The van der Waals surface area contributed by atoms with Crippen molar-refractivity contribution in [3.05, 3.63) is 22.7 Å². The highest BCUT2D eigenvalue weighted by atomic mass is 16.3. The molecule has 0 saturated heterocycles. The molecular weight excluding hydrogens is 182 g/mol. The first-order chi connectivity index (χ1) is 6.72. The molecule has 0 aliphatic carbocycles. The van der Waals surface area contributed by atoms with E-state index >= 15 is 0 Å². The molecule has 5 nitrogen and oxygen atoms in total. The van der Waals surface area contributed by atoms with Gasteiger partial charge in [-0.25, -0.2) is 4.98 Å². The van der Waals surface area contributed by atoms with Crippen LogP contribution < -0.4 is 10.9 Å². The maximum atomic E-state index is 10.9. The molecule has 0 aliphatic heterocycles. The molecule has 14 heavy (non-hydrogen) atoms. The summed E-state index contributed by atoms with van der Waals surface area (Å²) >= 11 is 0. The minimum absolute atomic E-state index is 0.201. The summed E-state index contributed by atoms with van der Waals surface area (Å²) in [6.07, 6.45) is 2.62. The van der Waals surface area contributed by atoms with Gasteiger partial charge in [0.15, 0.2) is 0 Å². The fourth-order valence-electron chi connectivity index (χ4n) is 1.12. The van der Waals surface area contributed by atoms with E-state index < -0.39 is 0 Å². The first-order valence-corrected chi connectivity index (χ1v) is 4.69. The minimum Gasteiger partial charge on any atom is -0.391 e. The van der Waals surface area contributed by atoms with E-state index in [1.165, 1.54) is 12.4 Å². The number of hydrogen-bond donors (Lipinski definition) is 3. The zero-order chi connectivity index (χ0) is 10.4. The first-order valence-electron chi connectivity index (χ1n) is 4.69. The third-order valence-electron chi connectivity index (χ3n) is 1.82. The zero-order valence-electron chi connectivity index (χ0n) is 8.16. The maximum Gasteiger partial charge on any atom is 0.252 e. The van der Waals surface area contributed by atoms with Gasteiger partial charge in [0, 0.05) is 12.6 Å². The van der Waals surface area contributed by atoms with E-state index in [0.29, 0.717) is 12.4 Å². The van der Waals surface area contributed by atoms with E-state index in [2.05, 4.69) is 15.3 Å². The van der Waals surface area contributed by atoms with Crippen LogP contribution in [0.2, 0.25) is 0 Å². The molecule has 0 bridgehead atoms. The fraction of sp³-hybridized carbons (Fsp3) is 0.556. The Morgan fingerprint density at radius 1 is 1.71 bits per heavy atom. The zero-order valence-corrected chi connectivity index (χ0v) is 8.16. The van der Waals surface area contributed by atoms with Crippen LogP contribution in [0, 0.1) is 0 Å². The average Bonchev–Trinajstić information content (AvgIpc) is 2.15. The van der Waals surface area contributed by atoms with Gasteiger partial charge in [-0.15, -0.1) is 0 Å². The van der Waals surface area contributed by atoms with Crippen LogP contribution in [0.4, 0.5) is 5.82 Å². The number of aromatic amines is 1. The predicted octanol–water partition coefficient (Wildman–Crippen LogP) is 0.343. The molecule has 0 amide bonds. The lowest BCUT2D eigenvalue weighted by atomic mass is 10.2. The average molecular weight is 197 g/mol. The summed E-state index contributed by atoms with van der Waals surface area (Å²) in [6.45, 7) is 2.43. The Morgan fingerprint density at radius 3 is 3.14 bits per heavy atom. The van der Waals surface area contributed by atoms with Crippen LogP contribution in [0.5, 0.6) is 0 Å². The molecule has 0 radical (unpaired) electrons. The van der Waals surface area contributed by atoms with Gasteiger partial charge in [0.2, 0.25) is 0 Å². The molecule has 0 aliphatic rings. The van der Waals surface area contributed by atoms with Gasteiger partial charge in [-0.05, 0) is 6.42 Å². The number of anilines is 1. The Kier molecular flexibility index (Phi) is 4.12. The first kappa shape index (κ1) is 10.7. The fourth-order valence-corrected chi connectivity index (χ4v) is 1.12. The Bertz CT molecular complexity index is 324. The molecule has 1 aromatic heterocycles. The van der Waals surface area contributed by atoms with Gasteiger partial charge in [-0.1, -0.05) is 13.3 Å². The standard InChI is InChI=1S/C9H15N3O2/c1-2-3-7(13)5-10-8-4-9(14)12-6-11-8/h4,6-7,13H,2-3,5H2,1H3,(H2,10,11,12,14). The quantitative estimate of drug-likeness (QED) is 0.636. The van der Waals surface area contributed by atoms with E-state index in [9.17, 15) is 9.90 Å². The second-order valence-electron chi connectivity index (χ2n) is 3.12. The number of H-pyrrole nitrogens is 1. The highest BCUT2D eigenvalue weighted by Gasteiger charge is 2.02. The number of aliphatic hydroxyl groups is 1. The summed E-state index contributed by atoms with van der Waals surface area (Å²) in [5, 5.41) is 12.3. The van der Waals surface area contributed by atoms with Gasteiger partial charge in [-0.3, -0.25) is 4.79 Å². The van der Waals surface area contributed by atoms with Crippen LogP contribution in [-0.4, -0.2) is 27.7 Å². The van der Waals surface area contributed by atoms with Crippen LogP contribution in [0.1, 0.15) is 19.8 Å². The number of hydrogen-bond acceptors (Lipinski definition) is 4. The lowest BCUT2D eigenvalue weighted by Crippen LogP contribution is -2.20. The van der Waals surface area contributed by atoms with Crippen LogP contribution >= 0.6 is 0 Å².